The van der Waals surface area contributed by atoms with E-state index in [0.717, 1.165) is 0 Å². The molecule has 0 radical (unpaired) electrons. The fraction of sp³-hybridized carbons (Fsp3) is 0.222. The number of nitrogens with zero attached hydrogens (tertiary/aromatic N) is 3. The van der Waals surface area contributed by atoms with Crippen molar-refractivity contribution in [3.8, 4) is 0 Å². The van der Waals surface area contributed by atoms with Gasteiger partial charge >= 0.3 is 0 Å². The Kier molecular flexibility index (Phi) is 11.7. The maximum Gasteiger partial charge on any atom is 0.0493 e. The van der Waals surface area contributed by atoms with Crippen LogP contribution in [0.5, 0.6) is 0 Å². The van der Waals surface area contributed by atoms with Gasteiger partial charge in [0.2, 0.25) is 0 Å². The van der Waals surface area contributed by atoms with Gasteiger partial charge in [-0.2, -0.15) is 0 Å². The zero-order chi connectivity index (χ0) is 40.1. The lowest BCUT2D eigenvalue weighted by Crippen LogP contribution is -2.36. The smallest absolute Gasteiger partial charge is 0.0493 e. The minimum atomic E-state index is 0.0680. The fourth-order valence-electron chi connectivity index (χ4n) is 8.37. The molecule has 2 heterocycles. The second-order valence-corrected chi connectivity index (χ2v) is 16.4. The molecule has 0 amide bonds. The van der Waals surface area contributed by atoms with Gasteiger partial charge in [0.25, 0.3) is 0 Å². The predicted octanol–water partition coefficient (Wildman–Crippen LogP) is 15.5. The number of anilines is 5. The Morgan fingerprint density at radius 2 is 0.789 bits per heavy atom. The first-order chi connectivity index (χ1) is 27.6. The summed E-state index contributed by atoms with van der Waals surface area (Å²) < 4.78 is 2.41. The van der Waals surface area contributed by atoms with Crippen LogP contribution < -0.4 is 9.80 Å². The summed E-state index contributed by atoms with van der Waals surface area (Å²) in [6.07, 6.45) is 0. The summed E-state index contributed by atoms with van der Waals surface area (Å²) >= 11 is 0. The predicted molar refractivity (Wildman–Crippen MR) is 247 cm³/mol. The van der Waals surface area contributed by atoms with Crippen LogP contribution in [0.15, 0.2) is 182 Å². The van der Waals surface area contributed by atoms with Gasteiger partial charge in [-0.05, 0) is 111 Å². The molecule has 57 heavy (non-hydrogen) atoms. The summed E-state index contributed by atoms with van der Waals surface area (Å²) in [5, 5.41) is 2.71. The Morgan fingerprint density at radius 1 is 0.404 bits per heavy atom. The van der Waals surface area contributed by atoms with Crippen molar-refractivity contribution in [1.29, 1.82) is 0 Å². The molecule has 0 N–H and O–H groups in total. The van der Waals surface area contributed by atoms with Crippen LogP contribution in [0, 0.1) is 0 Å². The van der Waals surface area contributed by atoms with Gasteiger partial charge in [0.05, 0.1) is 0 Å². The van der Waals surface area contributed by atoms with Crippen molar-refractivity contribution < 1.29 is 0 Å². The van der Waals surface area contributed by atoms with Gasteiger partial charge in [-0.15, -0.1) is 0 Å². The maximum absolute atomic E-state index is 2.45. The topological polar surface area (TPSA) is 11.4 Å². The molecule has 288 valence electrons. The van der Waals surface area contributed by atoms with Crippen LogP contribution >= 0.6 is 0 Å². The minimum absolute atomic E-state index is 0.0680. The summed E-state index contributed by atoms with van der Waals surface area (Å²) in [7, 11) is 0. The van der Waals surface area contributed by atoms with Crippen LogP contribution in [0.2, 0.25) is 0 Å². The Morgan fingerprint density at radius 3 is 1.21 bits per heavy atom. The van der Waals surface area contributed by atoms with E-state index in [2.05, 4.69) is 252 Å². The lowest BCUT2D eigenvalue weighted by molar-refractivity contribution is 0.613. The molecule has 0 spiro atoms. The first kappa shape index (κ1) is 39.2. The number of rotatable bonds is 6. The third kappa shape index (κ3) is 7.98. The van der Waals surface area contributed by atoms with Gasteiger partial charge in [-0.3, -0.25) is 0 Å². The van der Waals surface area contributed by atoms with Gasteiger partial charge < -0.3 is 14.4 Å². The normalized spacial score (nSPS) is 12.8. The van der Waals surface area contributed by atoms with Crippen LogP contribution in [-0.2, 0) is 5.41 Å². The molecule has 9 rings (SSSR count). The molecule has 3 heteroatoms. The Balaban J connectivity index is 0.000000132. The average molecular weight is 748 g/mol. The zero-order valence-electron chi connectivity index (χ0n) is 34.9. The highest BCUT2D eigenvalue weighted by Crippen LogP contribution is 2.49. The second-order valence-electron chi connectivity index (χ2n) is 16.4. The second kappa shape index (κ2) is 17.0. The molecule has 0 aliphatic carbocycles. The van der Waals surface area contributed by atoms with Crippen molar-refractivity contribution in [3.05, 3.63) is 199 Å². The van der Waals surface area contributed by atoms with E-state index in [4.69, 9.17) is 0 Å². The van der Waals surface area contributed by atoms with E-state index in [9.17, 15) is 0 Å². The number of para-hydroxylation sites is 6. The number of fused-ring (bicyclic) bond motifs is 5. The molecule has 1 aliphatic heterocycles. The summed E-state index contributed by atoms with van der Waals surface area (Å²) in [5.74, 6) is 0.552. The highest BCUT2D eigenvalue weighted by molar-refractivity contribution is 6.08. The minimum Gasteiger partial charge on any atom is -0.338 e. The third-order valence-corrected chi connectivity index (χ3v) is 11.2. The molecule has 0 bridgehead atoms. The third-order valence-electron chi connectivity index (χ3n) is 11.2. The fourth-order valence-corrected chi connectivity index (χ4v) is 8.37. The number of aromatic nitrogens is 1. The number of benzene rings is 7. The summed E-state index contributed by atoms with van der Waals surface area (Å²) in [6, 6.07) is 65.6. The monoisotopic (exact) mass is 747 g/mol. The quantitative estimate of drug-likeness (QED) is 0.168. The molecular formula is C54H57N3. The van der Waals surface area contributed by atoms with Gasteiger partial charge in [0.1, 0.15) is 0 Å². The SMILES string of the molecule is CC(C)N1c2ccccc2C(C)(C)c2ccccc21.CC(C)c1ccc(N(c2ccccc2)c2ccccc2)cc1.CC(C)n1c2ccccc2c2ccccc21. The lowest BCUT2D eigenvalue weighted by Gasteiger charge is -2.43. The molecule has 8 aromatic rings. The molecule has 7 aromatic carbocycles. The van der Waals surface area contributed by atoms with Gasteiger partial charge in [-0.1, -0.05) is 149 Å². The molecule has 1 aromatic heterocycles. The standard InChI is InChI=1S/C21H21N.C18H21N.C15H15N/c1-17(2)18-13-15-21(16-14-18)22(19-9-5-3-6-10-19)20-11-7-4-8-12-20;1-13(2)19-16-11-7-5-9-14(16)18(3,4)15-10-6-8-12-17(15)19;1-11(2)16-14-9-5-3-7-12(14)13-8-4-6-10-15(13)16/h3-17H,1-2H3;5-13H,1-4H3;3-11H,1-2H3. The molecule has 0 saturated heterocycles. The molecule has 0 unspecified atom stereocenters. The van der Waals surface area contributed by atoms with Crippen LogP contribution in [0.4, 0.5) is 28.4 Å². The highest BCUT2D eigenvalue weighted by Gasteiger charge is 2.36. The maximum atomic E-state index is 2.45. The van der Waals surface area contributed by atoms with E-state index >= 15 is 0 Å². The summed E-state index contributed by atoms with van der Waals surface area (Å²) in [5.41, 5.74) is 13.2. The zero-order valence-corrected chi connectivity index (χ0v) is 34.9. The van der Waals surface area contributed by atoms with Crippen molar-refractivity contribution in [2.45, 2.75) is 78.8 Å². The number of hydrogen-bond acceptors (Lipinski definition) is 2. The van der Waals surface area contributed by atoms with E-state index in [1.807, 2.05) is 0 Å². The van der Waals surface area contributed by atoms with Crippen LogP contribution in [0.25, 0.3) is 21.8 Å². The lowest BCUT2D eigenvalue weighted by atomic mass is 9.73. The van der Waals surface area contributed by atoms with E-state index in [0.29, 0.717) is 18.0 Å². The molecule has 0 fully saturated rings. The summed E-state index contributed by atoms with van der Waals surface area (Å²) in [6.45, 7) is 18.1. The van der Waals surface area contributed by atoms with E-state index in [-0.39, 0.29) is 5.41 Å². The molecule has 1 aliphatic rings. The van der Waals surface area contributed by atoms with Crippen molar-refractivity contribution in [2.24, 2.45) is 0 Å². The highest BCUT2D eigenvalue weighted by atomic mass is 15.2. The average Bonchev–Trinajstić information content (AvgIpc) is 3.57. The molecule has 0 saturated carbocycles. The Hall–Kier alpha value is -6.06. The van der Waals surface area contributed by atoms with E-state index in [1.54, 1.807) is 0 Å². The van der Waals surface area contributed by atoms with Crippen molar-refractivity contribution in [3.63, 3.8) is 0 Å². The Labute approximate surface area is 340 Å². The van der Waals surface area contributed by atoms with Crippen LogP contribution in [0.1, 0.15) is 84.0 Å². The molecule has 0 atom stereocenters. The van der Waals surface area contributed by atoms with Gasteiger partial charge in [-0.25, -0.2) is 0 Å². The van der Waals surface area contributed by atoms with Crippen molar-refractivity contribution in [2.75, 3.05) is 9.80 Å². The van der Waals surface area contributed by atoms with E-state index in [1.165, 1.54) is 66.9 Å². The van der Waals surface area contributed by atoms with Crippen LogP contribution in [-0.4, -0.2) is 10.6 Å². The van der Waals surface area contributed by atoms with Crippen molar-refractivity contribution in [1.82, 2.24) is 4.57 Å². The van der Waals surface area contributed by atoms with Crippen LogP contribution in [0.3, 0.4) is 0 Å². The van der Waals surface area contributed by atoms with Crippen molar-refractivity contribution >= 4 is 50.2 Å². The first-order valence-electron chi connectivity index (χ1n) is 20.5. The summed E-state index contributed by atoms with van der Waals surface area (Å²) in [4.78, 5) is 4.74. The molecule has 3 nitrogen and oxygen atoms in total. The van der Waals surface area contributed by atoms with E-state index < -0.39 is 0 Å². The first-order valence-corrected chi connectivity index (χ1v) is 20.5. The van der Waals surface area contributed by atoms with Gasteiger partial charge in [0.15, 0.2) is 0 Å². The Bertz CT molecular complexity index is 2380. The molecular weight excluding hydrogens is 691 g/mol. The largest absolute Gasteiger partial charge is 0.338 e. The van der Waals surface area contributed by atoms with Gasteiger partial charge in [0, 0.05) is 67.7 Å². The number of hydrogen-bond donors (Lipinski definition) is 0.